The number of ether oxygens (including phenoxy) is 1. The van der Waals surface area contributed by atoms with Crippen molar-refractivity contribution in [3.8, 4) is 11.5 Å². The first kappa shape index (κ1) is 20.5. The van der Waals surface area contributed by atoms with Crippen molar-refractivity contribution in [3.05, 3.63) is 81.8 Å². The lowest BCUT2D eigenvalue weighted by Crippen LogP contribution is -2.17. The van der Waals surface area contributed by atoms with Gasteiger partial charge in [-0.2, -0.15) is 5.10 Å². The molecule has 0 spiro atoms. The number of rotatable bonds is 8. The molecule has 1 aromatic heterocycles. The smallest absolute Gasteiger partial charge is 0.342 e. The minimum Gasteiger partial charge on any atom is -0.508 e. The summed E-state index contributed by atoms with van der Waals surface area (Å²) in [6, 6.07) is 12.8. The van der Waals surface area contributed by atoms with E-state index < -0.39 is 10.8 Å². The number of phenols is 1. The molecule has 0 saturated carbocycles. The van der Waals surface area contributed by atoms with Crippen LogP contribution >= 0.6 is 0 Å². The summed E-state index contributed by atoms with van der Waals surface area (Å²) in [5, 5.41) is 24.1. The molecule has 10 heteroatoms. The Hall–Kier alpha value is -4.21. The number of imidazole rings is 1. The van der Waals surface area contributed by atoms with Gasteiger partial charge in [-0.05, 0) is 59.0 Å². The van der Waals surface area contributed by atoms with Crippen molar-refractivity contribution in [2.75, 3.05) is 6.61 Å². The number of nitrogens with zero attached hydrogens (tertiary/aromatic N) is 4. The number of carbonyl (C=O) groups is 1. The fourth-order valence-corrected chi connectivity index (χ4v) is 2.63. The summed E-state index contributed by atoms with van der Waals surface area (Å²) in [6.45, 7) is 2.24. The predicted molar refractivity (Wildman–Crippen MR) is 109 cm³/mol. The maximum absolute atomic E-state index is 11.9. The lowest BCUT2D eigenvalue weighted by atomic mass is 10.2. The molecule has 0 aliphatic heterocycles. The molecule has 10 nitrogen and oxygen atoms in total. The van der Waals surface area contributed by atoms with E-state index in [-0.39, 0.29) is 18.2 Å². The van der Waals surface area contributed by atoms with Crippen LogP contribution in [0.3, 0.4) is 0 Å². The first-order valence-corrected chi connectivity index (χ1v) is 8.96. The molecular weight excluding hydrogens is 390 g/mol. The Balaban J connectivity index is 1.49. The molecule has 0 aliphatic rings. The van der Waals surface area contributed by atoms with Gasteiger partial charge in [-0.25, -0.2) is 15.0 Å². The molecule has 1 amide bonds. The quantitative estimate of drug-likeness (QED) is 0.334. The van der Waals surface area contributed by atoms with Gasteiger partial charge in [-0.15, -0.1) is 0 Å². The largest absolute Gasteiger partial charge is 0.508 e. The predicted octanol–water partition coefficient (Wildman–Crippen LogP) is 2.65. The first-order chi connectivity index (χ1) is 14.4. The number of aryl methyl sites for hydroxylation is 1. The van der Waals surface area contributed by atoms with E-state index in [1.807, 2.05) is 0 Å². The highest BCUT2D eigenvalue weighted by Gasteiger charge is 2.16. The maximum atomic E-state index is 11.9. The summed E-state index contributed by atoms with van der Waals surface area (Å²) in [4.78, 5) is 26.4. The Kier molecular flexibility index (Phi) is 6.38. The zero-order valence-electron chi connectivity index (χ0n) is 16.1. The van der Waals surface area contributed by atoms with Crippen molar-refractivity contribution in [1.29, 1.82) is 0 Å². The fourth-order valence-electron chi connectivity index (χ4n) is 2.63. The second kappa shape index (κ2) is 9.32. The average molecular weight is 409 g/mol. The first-order valence-electron chi connectivity index (χ1n) is 8.96. The van der Waals surface area contributed by atoms with Crippen LogP contribution < -0.4 is 10.2 Å². The second-order valence-electron chi connectivity index (χ2n) is 6.24. The van der Waals surface area contributed by atoms with Crippen LogP contribution in [0, 0.1) is 17.0 Å². The molecular formula is C20H19N5O5. The summed E-state index contributed by atoms with van der Waals surface area (Å²) in [5.41, 5.74) is 3.53. The number of nitrogens with one attached hydrogen (secondary N) is 1. The van der Waals surface area contributed by atoms with Crippen molar-refractivity contribution >= 4 is 17.9 Å². The Morgan fingerprint density at radius 3 is 2.63 bits per heavy atom. The third-order valence-electron chi connectivity index (χ3n) is 4.19. The Bertz CT molecular complexity index is 1060. The molecule has 3 rings (SSSR count). The number of aromatic nitrogens is 2. The number of hydrazone groups is 1. The number of nitro groups is 1. The van der Waals surface area contributed by atoms with E-state index in [0.717, 1.165) is 5.56 Å². The molecule has 0 aliphatic carbocycles. The molecule has 0 fully saturated rings. The zero-order chi connectivity index (χ0) is 21.5. The van der Waals surface area contributed by atoms with E-state index >= 15 is 0 Å². The van der Waals surface area contributed by atoms with Crippen LogP contribution in [-0.4, -0.2) is 38.3 Å². The molecule has 1 heterocycles. The zero-order valence-corrected chi connectivity index (χ0v) is 16.1. The van der Waals surface area contributed by atoms with Crippen LogP contribution in [0.25, 0.3) is 0 Å². The molecule has 0 unspecified atom stereocenters. The highest BCUT2D eigenvalue weighted by Crippen LogP contribution is 2.15. The molecule has 2 N–H and O–H groups in total. The number of carbonyl (C=O) groups excluding carboxylic acids is 1. The Labute approximate surface area is 171 Å². The van der Waals surface area contributed by atoms with Gasteiger partial charge in [0.05, 0.1) is 6.21 Å². The number of amides is 1. The lowest BCUT2D eigenvalue weighted by molar-refractivity contribution is -0.392. The van der Waals surface area contributed by atoms with Crippen LogP contribution in [0.2, 0.25) is 0 Å². The summed E-state index contributed by atoms with van der Waals surface area (Å²) in [6.07, 6.45) is 2.71. The number of hydrogen-bond donors (Lipinski definition) is 2. The van der Waals surface area contributed by atoms with Gasteiger partial charge in [0.15, 0.2) is 5.82 Å². The van der Waals surface area contributed by atoms with Crippen LogP contribution in [-0.2, 0) is 6.54 Å². The van der Waals surface area contributed by atoms with Crippen molar-refractivity contribution in [1.82, 2.24) is 15.0 Å². The third-order valence-corrected chi connectivity index (χ3v) is 4.19. The van der Waals surface area contributed by atoms with Crippen molar-refractivity contribution < 1.29 is 19.6 Å². The van der Waals surface area contributed by atoms with E-state index in [0.29, 0.717) is 23.7 Å². The summed E-state index contributed by atoms with van der Waals surface area (Å²) < 4.78 is 7.11. The van der Waals surface area contributed by atoms with Gasteiger partial charge in [0.2, 0.25) is 0 Å². The van der Waals surface area contributed by atoms with E-state index in [1.54, 1.807) is 31.2 Å². The van der Waals surface area contributed by atoms with Gasteiger partial charge in [0.1, 0.15) is 30.8 Å². The van der Waals surface area contributed by atoms with Crippen molar-refractivity contribution in [2.24, 2.45) is 5.10 Å². The number of benzene rings is 2. The molecule has 3 aromatic rings. The minimum absolute atomic E-state index is 0.0722. The second-order valence-corrected chi connectivity index (χ2v) is 6.24. The standard InChI is InChI=1S/C20H19N5O5/c1-14-21-13-19(25(28)29)24(14)10-11-30-18-8-2-15(3-9-18)12-22-23-20(27)16-4-6-17(26)7-5-16/h2-9,12-13,26H,10-11H2,1H3,(H,23,27)/b22-12+. The van der Waals surface area contributed by atoms with Crippen LogP contribution in [0.4, 0.5) is 5.82 Å². The van der Waals surface area contributed by atoms with Gasteiger partial charge >= 0.3 is 5.82 Å². The number of hydrogen-bond acceptors (Lipinski definition) is 7. The van der Waals surface area contributed by atoms with Crippen LogP contribution in [0.1, 0.15) is 21.7 Å². The lowest BCUT2D eigenvalue weighted by Gasteiger charge is -2.06. The Morgan fingerprint density at radius 1 is 1.27 bits per heavy atom. The fraction of sp³-hybridized carbons (Fsp3) is 0.150. The van der Waals surface area contributed by atoms with Crippen LogP contribution in [0.5, 0.6) is 11.5 Å². The maximum Gasteiger partial charge on any atom is 0.342 e. The van der Waals surface area contributed by atoms with E-state index in [9.17, 15) is 20.0 Å². The van der Waals surface area contributed by atoms with Crippen molar-refractivity contribution in [2.45, 2.75) is 13.5 Å². The molecule has 154 valence electrons. The van der Waals surface area contributed by atoms with Crippen molar-refractivity contribution in [3.63, 3.8) is 0 Å². The normalized spacial score (nSPS) is 10.8. The molecule has 0 bridgehead atoms. The van der Waals surface area contributed by atoms with E-state index in [2.05, 4.69) is 15.5 Å². The van der Waals surface area contributed by atoms with E-state index in [1.165, 1.54) is 41.2 Å². The highest BCUT2D eigenvalue weighted by atomic mass is 16.6. The molecule has 0 radical (unpaired) electrons. The average Bonchev–Trinajstić information content (AvgIpc) is 3.10. The van der Waals surface area contributed by atoms with E-state index in [4.69, 9.17) is 4.74 Å². The molecule has 2 aromatic carbocycles. The summed E-state index contributed by atoms with van der Waals surface area (Å²) in [7, 11) is 0. The molecule has 30 heavy (non-hydrogen) atoms. The monoisotopic (exact) mass is 409 g/mol. The van der Waals surface area contributed by atoms with Gasteiger partial charge < -0.3 is 20.0 Å². The highest BCUT2D eigenvalue weighted by molar-refractivity contribution is 5.94. The van der Waals surface area contributed by atoms with Gasteiger partial charge in [0, 0.05) is 12.5 Å². The third kappa shape index (κ3) is 5.19. The van der Waals surface area contributed by atoms with Crippen LogP contribution in [0.15, 0.2) is 59.8 Å². The van der Waals surface area contributed by atoms with Gasteiger partial charge in [-0.3, -0.25) is 4.79 Å². The van der Waals surface area contributed by atoms with Gasteiger partial charge in [0.25, 0.3) is 5.91 Å². The van der Waals surface area contributed by atoms with Gasteiger partial charge in [-0.1, -0.05) is 0 Å². The Morgan fingerprint density at radius 2 is 1.97 bits per heavy atom. The topological polar surface area (TPSA) is 132 Å². The summed E-state index contributed by atoms with van der Waals surface area (Å²) in [5.74, 6) is 0.759. The summed E-state index contributed by atoms with van der Waals surface area (Å²) >= 11 is 0. The number of aromatic hydroxyl groups is 1. The minimum atomic E-state index is -0.478. The molecule has 0 saturated heterocycles. The SMILES string of the molecule is Cc1ncc([N+](=O)[O-])n1CCOc1ccc(/C=N/NC(=O)c2ccc(O)cc2)cc1. The number of phenolic OH excluding ortho intramolecular Hbond substituents is 1. The molecule has 0 atom stereocenters.